The fourth-order valence-corrected chi connectivity index (χ4v) is 3.12. The second-order valence-electron chi connectivity index (χ2n) is 7.47. The van der Waals surface area contributed by atoms with Crippen LogP contribution in [0.1, 0.15) is 53.5 Å². The second-order valence-corrected chi connectivity index (χ2v) is 8.32. The molecule has 0 bridgehead atoms. The lowest BCUT2D eigenvalue weighted by atomic mass is 10.0. The third kappa shape index (κ3) is 3.96. The van der Waals surface area contributed by atoms with Crippen LogP contribution in [0, 0.1) is 6.92 Å². The van der Waals surface area contributed by atoms with Crippen LogP contribution in [0.4, 0.5) is 4.79 Å². The number of rotatable bonds is 2. The Hall–Kier alpha value is -2.21. The van der Waals surface area contributed by atoms with Gasteiger partial charge in [-0.3, -0.25) is 14.7 Å². The number of benzene rings is 1. The van der Waals surface area contributed by atoms with Gasteiger partial charge in [-0.2, -0.15) is 0 Å². The molecule has 0 spiro atoms. The Morgan fingerprint density at radius 3 is 2.50 bits per heavy atom. The zero-order chi connectivity index (χ0) is 19.1. The van der Waals surface area contributed by atoms with Crippen LogP contribution in [0.25, 0.3) is 0 Å². The van der Waals surface area contributed by atoms with E-state index in [0.717, 1.165) is 21.2 Å². The van der Waals surface area contributed by atoms with Gasteiger partial charge >= 0.3 is 6.09 Å². The normalized spacial score (nSPS) is 13.5. The lowest BCUT2D eigenvalue weighted by Crippen LogP contribution is -2.33. The van der Waals surface area contributed by atoms with Gasteiger partial charge in [-0.05, 0) is 56.5 Å². The standard InChI is InChI=1S/C20H21BrN2O3/c1-12-5-6-13(7-16(12)21)18(24)17-8-14-10-23(11-15(14)9-22-17)19(25)26-20(2,3)4/h5-9H,10-11H2,1-4H3. The number of halogens is 1. The Morgan fingerprint density at radius 2 is 1.85 bits per heavy atom. The maximum Gasteiger partial charge on any atom is 0.410 e. The van der Waals surface area contributed by atoms with Crippen molar-refractivity contribution in [3.63, 3.8) is 0 Å². The van der Waals surface area contributed by atoms with Gasteiger partial charge in [0.05, 0.1) is 6.54 Å². The van der Waals surface area contributed by atoms with E-state index in [4.69, 9.17) is 4.74 Å². The maximum atomic E-state index is 12.7. The molecule has 0 atom stereocenters. The van der Waals surface area contributed by atoms with Crippen molar-refractivity contribution < 1.29 is 14.3 Å². The van der Waals surface area contributed by atoms with Crippen LogP contribution >= 0.6 is 15.9 Å². The zero-order valence-corrected chi connectivity index (χ0v) is 16.9. The molecule has 2 aromatic rings. The molecule has 0 unspecified atom stereocenters. The van der Waals surface area contributed by atoms with E-state index in [2.05, 4.69) is 20.9 Å². The molecule has 1 aliphatic heterocycles. The lowest BCUT2D eigenvalue weighted by molar-refractivity contribution is 0.0241. The highest BCUT2D eigenvalue weighted by molar-refractivity contribution is 9.10. The Morgan fingerprint density at radius 1 is 1.15 bits per heavy atom. The maximum absolute atomic E-state index is 12.7. The summed E-state index contributed by atoms with van der Waals surface area (Å²) in [6.45, 7) is 8.36. The van der Waals surface area contributed by atoms with Gasteiger partial charge in [0.2, 0.25) is 5.78 Å². The van der Waals surface area contributed by atoms with Crippen molar-refractivity contribution in [3.8, 4) is 0 Å². The highest BCUT2D eigenvalue weighted by Crippen LogP contribution is 2.26. The molecule has 0 N–H and O–H groups in total. The molecule has 5 nitrogen and oxygen atoms in total. The fraction of sp³-hybridized carbons (Fsp3) is 0.350. The number of ketones is 1. The molecule has 0 aliphatic carbocycles. The number of aromatic nitrogens is 1. The molecule has 0 saturated heterocycles. The average molecular weight is 417 g/mol. The van der Waals surface area contributed by atoms with Gasteiger partial charge in [0.1, 0.15) is 11.3 Å². The van der Waals surface area contributed by atoms with Gasteiger partial charge in [-0.15, -0.1) is 0 Å². The summed E-state index contributed by atoms with van der Waals surface area (Å²) in [6, 6.07) is 7.27. The lowest BCUT2D eigenvalue weighted by Gasteiger charge is -2.24. The van der Waals surface area contributed by atoms with Gasteiger partial charge in [0.15, 0.2) is 0 Å². The minimum absolute atomic E-state index is 0.135. The van der Waals surface area contributed by atoms with Crippen LogP contribution in [0.3, 0.4) is 0 Å². The SMILES string of the molecule is Cc1ccc(C(=O)c2cc3c(cn2)CN(C(=O)OC(C)(C)C)C3)cc1Br. The molecule has 0 fully saturated rings. The number of aryl methyl sites for hydroxylation is 1. The molecular formula is C20H21BrN2O3. The molecule has 3 rings (SSSR count). The second kappa shape index (κ2) is 6.83. The smallest absolute Gasteiger partial charge is 0.410 e. The van der Waals surface area contributed by atoms with E-state index in [1.165, 1.54) is 0 Å². The van der Waals surface area contributed by atoms with Crippen molar-refractivity contribution >= 4 is 27.8 Å². The average Bonchev–Trinajstić information content (AvgIpc) is 2.98. The highest BCUT2D eigenvalue weighted by Gasteiger charge is 2.28. The predicted molar refractivity (Wildman–Crippen MR) is 102 cm³/mol. The summed E-state index contributed by atoms with van der Waals surface area (Å²) >= 11 is 3.45. The van der Waals surface area contributed by atoms with Crippen LogP contribution in [0.2, 0.25) is 0 Å². The van der Waals surface area contributed by atoms with Crippen LogP contribution in [-0.4, -0.2) is 27.4 Å². The molecule has 26 heavy (non-hydrogen) atoms. The first kappa shape index (κ1) is 18.6. The topological polar surface area (TPSA) is 59.5 Å². The van der Waals surface area contributed by atoms with Crippen LogP contribution in [-0.2, 0) is 17.8 Å². The Bertz CT molecular complexity index is 887. The predicted octanol–water partition coefficient (Wildman–Crippen LogP) is 4.63. The van der Waals surface area contributed by atoms with Crippen molar-refractivity contribution in [1.82, 2.24) is 9.88 Å². The number of amides is 1. The summed E-state index contributed by atoms with van der Waals surface area (Å²) in [6.07, 6.45) is 1.32. The van der Waals surface area contributed by atoms with E-state index >= 15 is 0 Å². The largest absolute Gasteiger partial charge is 0.444 e. The number of hydrogen-bond acceptors (Lipinski definition) is 4. The van der Waals surface area contributed by atoms with Gasteiger partial charge in [0, 0.05) is 22.8 Å². The highest BCUT2D eigenvalue weighted by atomic mass is 79.9. The molecule has 2 heterocycles. The summed E-state index contributed by atoms with van der Waals surface area (Å²) < 4.78 is 6.31. The summed E-state index contributed by atoms with van der Waals surface area (Å²) in [5, 5.41) is 0. The first-order chi connectivity index (χ1) is 12.1. The minimum atomic E-state index is -0.538. The molecule has 1 amide bonds. The summed E-state index contributed by atoms with van der Waals surface area (Å²) in [5.74, 6) is -0.135. The van der Waals surface area contributed by atoms with E-state index in [-0.39, 0.29) is 11.9 Å². The molecule has 1 aromatic carbocycles. The molecule has 0 radical (unpaired) electrons. The van der Waals surface area contributed by atoms with E-state index in [0.29, 0.717) is 24.3 Å². The molecule has 136 valence electrons. The number of pyridine rings is 1. The fourth-order valence-electron chi connectivity index (χ4n) is 2.74. The van der Waals surface area contributed by atoms with Crippen LogP contribution < -0.4 is 0 Å². The zero-order valence-electron chi connectivity index (χ0n) is 15.3. The van der Waals surface area contributed by atoms with E-state index < -0.39 is 5.60 Å². The van der Waals surface area contributed by atoms with Crippen molar-refractivity contribution in [3.05, 3.63) is 62.9 Å². The Kier molecular flexibility index (Phi) is 4.88. The molecule has 6 heteroatoms. The van der Waals surface area contributed by atoms with Crippen LogP contribution in [0.5, 0.6) is 0 Å². The number of hydrogen-bond donors (Lipinski definition) is 0. The number of nitrogens with zero attached hydrogens (tertiary/aromatic N) is 2. The number of carbonyl (C=O) groups excluding carboxylic acids is 2. The van der Waals surface area contributed by atoms with Crippen molar-refractivity contribution in [1.29, 1.82) is 0 Å². The quantitative estimate of drug-likeness (QED) is 0.669. The third-order valence-electron chi connectivity index (χ3n) is 4.12. The van der Waals surface area contributed by atoms with Gasteiger partial charge in [-0.1, -0.05) is 28.1 Å². The van der Waals surface area contributed by atoms with Crippen molar-refractivity contribution in [2.75, 3.05) is 0 Å². The molecule has 1 aromatic heterocycles. The summed E-state index contributed by atoms with van der Waals surface area (Å²) in [5.41, 5.74) is 3.36. The molecule has 1 aliphatic rings. The Balaban J connectivity index is 1.79. The minimum Gasteiger partial charge on any atom is -0.444 e. The van der Waals surface area contributed by atoms with Gasteiger partial charge < -0.3 is 4.74 Å². The van der Waals surface area contributed by atoms with E-state index in [1.807, 2.05) is 33.8 Å². The van der Waals surface area contributed by atoms with Gasteiger partial charge in [0.25, 0.3) is 0 Å². The monoisotopic (exact) mass is 416 g/mol. The molecule has 0 saturated carbocycles. The first-order valence-electron chi connectivity index (χ1n) is 8.40. The number of carbonyl (C=O) groups is 2. The van der Waals surface area contributed by atoms with E-state index in [1.54, 1.807) is 29.3 Å². The van der Waals surface area contributed by atoms with E-state index in [9.17, 15) is 9.59 Å². The van der Waals surface area contributed by atoms with Crippen LogP contribution in [0.15, 0.2) is 34.9 Å². The summed E-state index contributed by atoms with van der Waals surface area (Å²) in [4.78, 5) is 30.9. The third-order valence-corrected chi connectivity index (χ3v) is 4.98. The molecular weight excluding hydrogens is 396 g/mol. The summed E-state index contributed by atoms with van der Waals surface area (Å²) in [7, 11) is 0. The number of fused-ring (bicyclic) bond motifs is 1. The Labute approximate surface area is 161 Å². The van der Waals surface area contributed by atoms with Crippen molar-refractivity contribution in [2.45, 2.75) is 46.4 Å². The van der Waals surface area contributed by atoms with Crippen molar-refractivity contribution in [2.24, 2.45) is 0 Å². The number of ether oxygens (including phenoxy) is 1. The van der Waals surface area contributed by atoms with Gasteiger partial charge in [-0.25, -0.2) is 4.79 Å². The first-order valence-corrected chi connectivity index (χ1v) is 9.20.